The van der Waals surface area contributed by atoms with E-state index in [0.29, 0.717) is 23.2 Å². The summed E-state index contributed by atoms with van der Waals surface area (Å²) in [5, 5.41) is 20.3. The number of nitrogens with zero attached hydrogens (tertiary/aromatic N) is 2. The van der Waals surface area contributed by atoms with Crippen LogP contribution in [0.5, 0.6) is 5.75 Å². The van der Waals surface area contributed by atoms with Gasteiger partial charge >= 0.3 is 11.0 Å². The molecule has 0 radical (unpaired) electrons. The molecule has 2 amide bonds. The van der Waals surface area contributed by atoms with Crippen LogP contribution < -0.4 is 4.87 Å². The van der Waals surface area contributed by atoms with Crippen molar-refractivity contribution >= 4 is 33.6 Å². The number of hydrogen-bond acceptors (Lipinski definition) is 5. The SMILES string of the molecule is C=CC(=O)N(CCN(CC(Cc1ccccc1)c1ccc(O)c2[nH]c(=O)sc12)C(=O)O)CC(C)(C)C. The molecule has 8 nitrogen and oxygen atoms in total. The Balaban J connectivity index is 1.93. The minimum atomic E-state index is -1.09. The van der Waals surface area contributed by atoms with E-state index >= 15 is 0 Å². The summed E-state index contributed by atoms with van der Waals surface area (Å²) < 4.78 is 0.613. The van der Waals surface area contributed by atoms with E-state index in [1.54, 1.807) is 11.0 Å². The maximum Gasteiger partial charge on any atom is 0.407 e. The number of thiazole rings is 1. The third-order valence-electron chi connectivity index (χ3n) is 5.86. The maximum atomic E-state index is 12.4. The number of aromatic amines is 1. The Kier molecular flexibility index (Phi) is 8.57. The van der Waals surface area contributed by atoms with Crippen molar-refractivity contribution in [1.82, 2.24) is 14.8 Å². The average molecular weight is 512 g/mol. The van der Waals surface area contributed by atoms with Gasteiger partial charge in [0.2, 0.25) is 5.91 Å². The normalized spacial score (nSPS) is 12.3. The van der Waals surface area contributed by atoms with Gasteiger partial charge in [-0.2, -0.15) is 0 Å². The largest absolute Gasteiger partial charge is 0.506 e. The van der Waals surface area contributed by atoms with Crippen molar-refractivity contribution < 1.29 is 19.8 Å². The van der Waals surface area contributed by atoms with E-state index in [2.05, 4.69) is 11.6 Å². The molecule has 0 spiro atoms. The number of phenolic OH excluding ortho intramolecular Hbond substituents is 1. The zero-order chi connectivity index (χ0) is 26.5. The molecule has 1 heterocycles. The van der Waals surface area contributed by atoms with Gasteiger partial charge in [0.05, 0.1) is 4.70 Å². The molecule has 1 unspecified atom stereocenters. The second kappa shape index (κ2) is 11.4. The predicted molar refractivity (Wildman–Crippen MR) is 143 cm³/mol. The van der Waals surface area contributed by atoms with E-state index in [1.165, 1.54) is 17.0 Å². The Bertz CT molecular complexity index is 1280. The Morgan fingerprint density at radius 1 is 1.11 bits per heavy atom. The van der Waals surface area contributed by atoms with Crippen LogP contribution in [0, 0.1) is 5.41 Å². The molecule has 0 aliphatic heterocycles. The van der Waals surface area contributed by atoms with Gasteiger partial charge in [-0.15, -0.1) is 0 Å². The van der Waals surface area contributed by atoms with Crippen molar-refractivity contribution in [2.45, 2.75) is 33.1 Å². The average Bonchev–Trinajstić information content (AvgIpc) is 3.22. The van der Waals surface area contributed by atoms with Crippen molar-refractivity contribution in [3.05, 3.63) is 75.9 Å². The highest BCUT2D eigenvalue weighted by Gasteiger charge is 2.26. The van der Waals surface area contributed by atoms with E-state index in [9.17, 15) is 24.6 Å². The first kappa shape index (κ1) is 27.0. The number of hydrogen-bond donors (Lipinski definition) is 3. The second-order valence-corrected chi connectivity index (χ2v) is 11.0. The molecule has 3 N–H and O–H groups in total. The number of nitrogens with one attached hydrogen (secondary N) is 1. The number of phenols is 1. The number of rotatable bonds is 10. The molecular formula is C27H33N3O5S. The molecule has 36 heavy (non-hydrogen) atoms. The monoisotopic (exact) mass is 511 g/mol. The lowest BCUT2D eigenvalue weighted by molar-refractivity contribution is -0.127. The number of aromatic nitrogens is 1. The fourth-order valence-electron chi connectivity index (χ4n) is 4.27. The predicted octanol–water partition coefficient (Wildman–Crippen LogP) is 4.66. The van der Waals surface area contributed by atoms with Crippen LogP contribution >= 0.6 is 11.3 Å². The van der Waals surface area contributed by atoms with Crippen LogP contribution in [0.4, 0.5) is 4.79 Å². The summed E-state index contributed by atoms with van der Waals surface area (Å²) in [6.07, 6.45) is 0.691. The van der Waals surface area contributed by atoms with Crippen molar-refractivity contribution in [3.63, 3.8) is 0 Å². The lowest BCUT2D eigenvalue weighted by atomic mass is 9.91. The summed E-state index contributed by atoms with van der Waals surface area (Å²) in [5.74, 6) is -0.556. The van der Waals surface area contributed by atoms with Crippen molar-refractivity contribution in [3.8, 4) is 5.75 Å². The Hall–Kier alpha value is -3.59. The number of amides is 2. The van der Waals surface area contributed by atoms with Gasteiger partial charge in [0, 0.05) is 32.1 Å². The molecule has 0 saturated carbocycles. The van der Waals surface area contributed by atoms with E-state index in [4.69, 9.17) is 0 Å². The van der Waals surface area contributed by atoms with Gasteiger partial charge in [0.1, 0.15) is 11.3 Å². The van der Waals surface area contributed by atoms with Crippen LogP contribution in [0.15, 0.2) is 59.9 Å². The minimum Gasteiger partial charge on any atom is -0.506 e. The van der Waals surface area contributed by atoms with Crippen LogP contribution in [0.25, 0.3) is 10.2 Å². The third-order valence-corrected chi connectivity index (χ3v) is 6.79. The molecule has 3 aromatic rings. The Morgan fingerprint density at radius 2 is 1.78 bits per heavy atom. The van der Waals surface area contributed by atoms with Crippen molar-refractivity contribution in [1.29, 1.82) is 0 Å². The Morgan fingerprint density at radius 3 is 2.39 bits per heavy atom. The van der Waals surface area contributed by atoms with Gasteiger partial charge in [-0.25, -0.2) is 4.79 Å². The fourth-order valence-corrected chi connectivity index (χ4v) is 5.22. The Labute approximate surface area is 214 Å². The van der Waals surface area contributed by atoms with Gasteiger partial charge < -0.3 is 25.0 Å². The van der Waals surface area contributed by atoms with Gasteiger partial charge in [0.15, 0.2) is 0 Å². The number of aromatic hydroxyl groups is 1. The molecule has 2 aromatic carbocycles. The first-order valence-corrected chi connectivity index (χ1v) is 12.6. The first-order chi connectivity index (χ1) is 17.0. The number of benzene rings is 2. The summed E-state index contributed by atoms with van der Waals surface area (Å²) in [5.41, 5.74) is 2.00. The van der Waals surface area contributed by atoms with Gasteiger partial charge in [-0.05, 0) is 35.1 Å². The standard InChI is InChI=1S/C27H33N3O5S/c1-5-22(32)30(17-27(2,3)4)14-13-29(26(34)35)16-19(15-18-9-7-6-8-10-18)20-11-12-21(31)23-24(20)36-25(33)28-23/h5-12,19,31H,1,13-17H2,2-4H3,(H,28,33)(H,34,35). The van der Waals surface area contributed by atoms with E-state index in [-0.39, 0.29) is 47.5 Å². The zero-order valence-electron chi connectivity index (χ0n) is 20.9. The molecule has 0 aliphatic carbocycles. The zero-order valence-corrected chi connectivity index (χ0v) is 21.7. The summed E-state index contributed by atoms with van der Waals surface area (Å²) in [4.78, 5) is 42.1. The fraction of sp³-hybridized carbons (Fsp3) is 0.370. The molecule has 9 heteroatoms. The van der Waals surface area contributed by atoms with E-state index < -0.39 is 6.09 Å². The first-order valence-electron chi connectivity index (χ1n) is 11.8. The van der Waals surface area contributed by atoms with Crippen LogP contribution in [0.2, 0.25) is 0 Å². The lowest BCUT2D eigenvalue weighted by Crippen LogP contribution is -2.44. The van der Waals surface area contributed by atoms with Crippen LogP contribution in [0.3, 0.4) is 0 Å². The van der Waals surface area contributed by atoms with Gasteiger partial charge in [-0.3, -0.25) is 9.59 Å². The number of carbonyl (C=O) groups excluding carboxylic acids is 1. The molecule has 1 aromatic heterocycles. The van der Waals surface area contributed by atoms with Crippen LogP contribution in [0.1, 0.15) is 37.8 Å². The van der Waals surface area contributed by atoms with Crippen molar-refractivity contribution in [2.75, 3.05) is 26.2 Å². The van der Waals surface area contributed by atoms with E-state index in [1.807, 2.05) is 51.1 Å². The number of fused-ring (bicyclic) bond motifs is 1. The second-order valence-electron chi connectivity index (χ2n) is 10.0. The van der Waals surface area contributed by atoms with Gasteiger partial charge in [-0.1, -0.05) is 75.1 Å². The van der Waals surface area contributed by atoms with Gasteiger partial charge in [0.25, 0.3) is 0 Å². The molecule has 3 rings (SSSR count). The third kappa shape index (κ3) is 6.97. The molecule has 0 fully saturated rings. The molecule has 0 saturated heterocycles. The highest BCUT2D eigenvalue weighted by Crippen LogP contribution is 2.34. The van der Waals surface area contributed by atoms with Crippen LogP contribution in [-0.4, -0.2) is 63.2 Å². The molecule has 0 aliphatic rings. The lowest BCUT2D eigenvalue weighted by Gasteiger charge is -2.32. The molecule has 192 valence electrons. The highest BCUT2D eigenvalue weighted by atomic mass is 32.1. The van der Waals surface area contributed by atoms with Crippen molar-refractivity contribution in [2.24, 2.45) is 5.41 Å². The summed E-state index contributed by atoms with van der Waals surface area (Å²) in [6.45, 7) is 10.6. The van der Waals surface area contributed by atoms with E-state index in [0.717, 1.165) is 22.5 Å². The number of carboxylic acid groups (broad SMARTS) is 1. The number of carbonyl (C=O) groups is 2. The number of H-pyrrole nitrogens is 1. The minimum absolute atomic E-state index is 0.0265. The van der Waals surface area contributed by atoms with Crippen LogP contribution in [-0.2, 0) is 11.2 Å². The summed E-state index contributed by atoms with van der Waals surface area (Å²) in [7, 11) is 0. The molecule has 1 atom stereocenters. The highest BCUT2D eigenvalue weighted by molar-refractivity contribution is 7.16. The summed E-state index contributed by atoms with van der Waals surface area (Å²) in [6, 6.07) is 13.0. The quantitative estimate of drug-likeness (QED) is 0.343. The molecule has 0 bridgehead atoms. The summed E-state index contributed by atoms with van der Waals surface area (Å²) >= 11 is 0.998. The topological polar surface area (TPSA) is 114 Å². The smallest absolute Gasteiger partial charge is 0.407 e. The maximum absolute atomic E-state index is 12.4. The molecular weight excluding hydrogens is 478 g/mol.